The Morgan fingerprint density at radius 1 is 0.852 bits per heavy atom. The SMILES string of the molecule is CCc1ncc(-c2ccc3c(c2)N(C2C[C@H](O)[C@@H](CO)O2)C(=O)C3(C)C)cn1.COCC(CN1C(=O)C(C)(C)c2ccc(-c3cnc(C)nc3)cc21)OC. The summed E-state index contributed by atoms with van der Waals surface area (Å²) in [7, 11) is 3.27. The minimum absolute atomic E-state index is 0.0722. The van der Waals surface area contributed by atoms with Gasteiger partial charge in [0.05, 0.1) is 48.5 Å². The maximum atomic E-state index is 13.2. The van der Waals surface area contributed by atoms with Crippen molar-refractivity contribution in [3.05, 3.63) is 84.0 Å². The second-order valence-electron chi connectivity index (χ2n) is 15.0. The zero-order chi connectivity index (χ0) is 38.9. The van der Waals surface area contributed by atoms with E-state index >= 15 is 0 Å². The van der Waals surface area contributed by atoms with Crippen LogP contribution in [0.15, 0.2) is 61.2 Å². The molecule has 2 aromatic carbocycles. The van der Waals surface area contributed by atoms with Crippen LogP contribution in [0.25, 0.3) is 22.3 Å². The molecule has 0 aliphatic carbocycles. The number of aryl methyl sites for hydroxylation is 2. The second kappa shape index (κ2) is 15.6. The Balaban J connectivity index is 0.000000185. The van der Waals surface area contributed by atoms with E-state index in [4.69, 9.17) is 14.2 Å². The first-order valence-electron chi connectivity index (χ1n) is 18.3. The highest BCUT2D eigenvalue weighted by Crippen LogP contribution is 2.46. The summed E-state index contributed by atoms with van der Waals surface area (Å²) in [5.74, 6) is 1.51. The topological polar surface area (TPSA) is 160 Å². The Morgan fingerprint density at radius 2 is 1.41 bits per heavy atom. The van der Waals surface area contributed by atoms with Crippen LogP contribution in [0.3, 0.4) is 0 Å². The van der Waals surface area contributed by atoms with Gasteiger partial charge in [0, 0.05) is 68.7 Å². The number of aliphatic hydroxyl groups is 2. The monoisotopic (exact) mass is 738 g/mol. The molecule has 3 aliphatic heterocycles. The maximum absolute atomic E-state index is 13.2. The van der Waals surface area contributed by atoms with E-state index in [2.05, 4.69) is 19.9 Å². The van der Waals surface area contributed by atoms with Crippen LogP contribution >= 0.6 is 0 Å². The largest absolute Gasteiger partial charge is 0.394 e. The van der Waals surface area contributed by atoms with Gasteiger partial charge in [-0.3, -0.25) is 14.5 Å². The molecule has 7 rings (SSSR count). The lowest BCUT2D eigenvalue weighted by molar-refractivity contribution is -0.125. The standard InChI is InChI=1S/C21H25N3O4.C20H25N3O3/c1-4-18-22-9-13(10-23-18)12-5-6-14-15(7-12)24(20(27)21(14,2)3)19-8-16(26)17(11-25)28-19;1-13-21-9-15(10-22-13)14-6-7-17-18(8-14)23(19(24)20(17,2)3)11-16(26-5)12-25-4/h5-7,9-10,16-17,19,25-26H,4,8,11H2,1-3H3;6-10,16H,11-12H2,1-5H3/t16-,17+,19?;/m0./s1. The van der Waals surface area contributed by atoms with Crippen molar-refractivity contribution in [1.82, 2.24) is 19.9 Å². The van der Waals surface area contributed by atoms with E-state index in [-0.39, 0.29) is 30.9 Å². The molecule has 0 radical (unpaired) electrons. The highest BCUT2D eigenvalue weighted by molar-refractivity contribution is 6.09. The van der Waals surface area contributed by atoms with Crippen LogP contribution in [-0.4, -0.2) is 100 Å². The van der Waals surface area contributed by atoms with Crippen LogP contribution in [0, 0.1) is 6.92 Å². The van der Waals surface area contributed by atoms with Gasteiger partial charge in [0.2, 0.25) is 11.8 Å². The van der Waals surface area contributed by atoms with E-state index in [0.717, 1.165) is 62.8 Å². The molecule has 13 heteroatoms. The fraction of sp³-hybridized carbons (Fsp3) is 0.463. The van der Waals surface area contributed by atoms with Crippen LogP contribution in [-0.2, 0) is 41.1 Å². The molecule has 4 aromatic rings. The average Bonchev–Trinajstić information content (AvgIpc) is 3.71. The van der Waals surface area contributed by atoms with Gasteiger partial charge >= 0.3 is 0 Å². The number of amides is 2. The quantitative estimate of drug-likeness (QED) is 0.235. The molecule has 5 heterocycles. The number of carbonyl (C=O) groups is 2. The minimum atomic E-state index is -0.798. The molecule has 2 N–H and O–H groups in total. The zero-order valence-electron chi connectivity index (χ0n) is 32.2. The van der Waals surface area contributed by atoms with Gasteiger partial charge in [-0.25, -0.2) is 19.9 Å². The summed E-state index contributed by atoms with van der Waals surface area (Å²) < 4.78 is 16.5. The summed E-state index contributed by atoms with van der Waals surface area (Å²) in [5, 5.41) is 19.5. The molecular formula is C41H50N6O7. The van der Waals surface area contributed by atoms with Gasteiger partial charge in [-0.1, -0.05) is 31.2 Å². The Morgan fingerprint density at radius 3 is 1.94 bits per heavy atom. The molecule has 286 valence electrons. The third kappa shape index (κ3) is 7.26. The number of hydrogen-bond donors (Lipinski definition) is 2. The fourth-order valence-corrected chi connectivity index (χ4v) is 7.31. The fourth-order valence-electron chi connectivity index (χ4n) is 7.31. The number of benzene rings is 2. The third-order valence-electron chi connectivity index (χ3n) is 10.6. The van der Waals surface area contributed by atoms with Crippen molar-refractivity contribution in [3.8, 4) is 22.3 Å². The molecule has 13 nitrogen and oxygen atoms in total. The molecule has 2 aromatic heterocycles. The first kappa shape index (κ1) is 39.0. The number of fused-ring (bicyclic) bond motifs is 2. The van der Waals surface area contributed by atoms with Gasteiger partial charge in [0.25, 0.3) is 0 Å². The summed E-state index contributed by atoms with van der Waals surface area (Å²) in [5.41, 5.74) is 6.05. The summed E-state index contributed by atoms with van der Waals surface area (Å²) in [6.45, 7) is 12.2. The van der Waals surface area contributed by atoms with E-state index in [1.165, 1.54) is 0 Å². The van der Waals surface area contributed by atoms with E-state index in [0.29, 0.717) is 13.2 Å². The lowest BCUT2D eigenvalue weighted by Gasteiger charge is -2.26. The molecule has 0 saturated carbocycles. The first-order valence-corrected chi connectivity index (χ1v) is 18.3. The number of aromatic nitrogens is 4. The number of ether oxygens (including phenoxy) is 3. The smallest absolute Gasteiger partial charge is 0.239 e. The third-order valence-corrected chi connectivity index (χ3v) is 10.6. The number of methoxy groups -OCH3 is 2. The number of carbonyl (C=O) groups excluding carboxylic acids is 2. The molecule has 3 aliphatic rings. The number of nitrogens with zero attached hydrogens (tertiary/aromatic N) is 6. The molecule has 54 heavy (non-hydrogen) atoms. The van der Waals surface area contributed by atoms with Gasteiger partial charge in [-0.05, 0) is 69.0 Å². The molecule has 1 saturated heterocycles. The number of hydrogen-bond acceptors (Lipinski definition) is 11. The van der Waals surface area contributed by atoms with Crippen molar-refractivity contribution in [1.29, 1.82) is 0 Å². The van der Waals surface area contributed by atoms with E-state index in [1.807, 2.05) is 77.9 Å². The van der Waals surface area contributed by atoms with E-state index < -0.39 is 29.3 Å². The minimum Gasteiger partial charge on any atom is -0.394 e. The molecule has 0 bridgehead atoms. The second-order valence-corrected chi connectivity index (χ2v) is 15.0. The maximum Gasteiger partial charge on any atom is 0.239 e. The molecule has 2 unspecified atom stereocenters. The van der Waals surface area contributed by atoms with Crippen LogP contribution in [0.2, 0.25) is 0 Å². The normalized spacial score (nSPS) is 21.5. The van der Waals surface area contributed by atoms with Crippen molar-refractivity contribution in [3.63, 3.8) is 0 Å². The molecule has 2 amide bonds. The van der Waals surface area contributed by atoms with Crippen LogP contribution in [0.5, 0.6) is 0 Å². The highest BCUT2D eigenvalue weighted by Gasteiger charge is 2.50. The Labute approximate surface area is 316 Å². The predicted octanol–water partition coefficient (Wildman–Crippen LogP) is 4.54. The van der Waals surface area contributed by atoms with Crippen LogP contribution in [0.1, 0.15) is 63.8 Å². The van der Waals surface area contributed by atoms with Gasteiger partial charge < -0.3 is 29.3 Å². The van der Waals surface area contributed by atoms with Crippen molar-refractivity contribution in [2.45, 2.75) is 89.8 Å². The lowest BCUT2D eigenvalue weighted by Crippen LogP contribution is -2.43. The molecular weight excluding hydrogens is 688 g/mol. The Bertz CT molecular complexity index is 1990. The highest BCUT2D eigenvalue weighted by atomic mass is 16.5. The summed E-state index contributed by atoms with van der Waals surface area (Å²) in [6, 6.07) is 12.0. The zero-order valence-corrected chi connectivity index (χ0v) is 32.2. The van der Waals surface area contributed by atoms with Gasteiger partial charge in [0.1, 0.15) is 24.0 Å². The Hall–Kier alpha value is -4.66. The first-order chi connectivity index (χ1) is 25.7. The summed E-state index contributed by atoms with van der Waals surface area (Å²) in [4.78, 5) is 46.9. The van der Waals surface area contributed by atoms with Gasteiger partial charge in [-0.15, -0.1) is 0 Å². The van der Waals surface area contributed by atoms with Gasteiger partial charge in [0.15, 0.2) is 0 Å². The van der Waals surface area contributed by atoms with Crippen molar-refractivity contribution in [2.75, 3.05) is 43.8 Å². The number of rotatable bonds is 10. The lowest BCUT2D eigenvalue weighted by atomic mass is 9.85. The summed E-state index contributed by atoms with van der Waals surface area (Å²) >= 11 is 0. The summed E-state index contributed by atoms with van der Waals surface area (Å²) in [6.07, 6.45) is 5.97. The predicted molar refractivity (Wildman–Crippen MR) is 204 cm³/mol. The van der Waals surface area contributed by atoms with Crippen molar-refractivity contribution < 1.29 is 34.0 Å². The van der Waals surface area contributed by atoms with Crippen molar-refractivity contribution in [2.24, 2.45) is 0 Å². The van der Waals surface area contributed by atoms with Crippen molar-refractivity contribution >= 4 is 23.2 Å². The molecule has 1 fully saturated rings. The van der Waals surface area contributed by atoms with Crippen LogP contribution < -0.4 is 9.80 Å². The van der Waals surface area contributed by atoms with E-state index in [9.17, 15) is 19.8 Å². The molecule has 0 spiro atoms. The Kier molecular flexibility index (Phi) is 11.3. The average molecular weight is 739 g/mol. The van der Waals surface area contributed by atoms with Crippen LogP contribution in [0.4, 0.5) is 11.4 Å². The van der Waals surface area contributed by atoms with E-state index in [1.54, 1.807) is 48.8 Å². The molecule has 4 atom stereocenters. The number of anilines is 2. The van der Waals surface area contributed by atoms with Gasteiger partial charge in [-0.2, -0.15) is 0 Å². The number of aliphatic hydroxyl groups excluding tert-OH is 2.